The lowest BCUT2D eigenvalue weighted by Crippen LogP contribution is -2.35. The number of pyridine rings is 1. The molecule has 2 aromatic carbocycles. The SMILES string of the molecule is CCCN1CCC(=NNC(=O)c2cc(-c3ccccc3)nc3c(Cl)cccc23)CC1. The minimum Gasteiger partial charge on any atom is -0.303 e. The Bertz CT molecular complexity index is 1070. The van der Waals surface area contributed by atoms with Gasteiger partial charge in [-0.25, -0.2) is 10.4 Å². The number of hydrazone groups is 1. The third-order valence-electron chi connectivity index (χ3n) is 5.39. The summed E-state index contributed by atoms with van der Waals surface area (Å²) in [5, 5.41) is 5.66. The van der Waals surface area contributed by atoms with Gasteiger partial charge in [-0.1, -0.05) is 61.0 Å². The number of halogens is 1. The van der Waals surface area contributed by atoms with E-state index in [0.29, 0.717) is 21.8 Å². The molecule has 0 aliphatic carbocycles. The fraction of sp³-hybridized carbons (Fsp3) is 0.292. The highest BCUT2D eigenvalue weighted by Crippen LogP contribution is 2.29. The molecular formula is C24H25ClN4O. The van der Waals surface area contributed by atoms with Gasteiger partial charge in [-0.05, 0) is 25.1 Å². The van der Waals surface area contributed by atoms with Crippen molar-refractivity contribution in [3.63, 3.8) is 0 Å². The first-order chi connectivity index (χ1) is 14.7. The Labute approximate surface area is 181 Å². The molecular weight excluding hydrogens is 396 g/mol. The van der Waals surface area contributed by atoms with Crippen molar-refractivity contribution in [2.45, 2.75) is 26.2 Å². The van der Waals surface area contributed by atoms with Crippen LogP contribution in [0.2, 0.25) is 5.02 Å². The normalized spacial score (nSPS) is 14.7. The molecule has 3 aromatic rings. The number of benzene rings is 2. The van der Waals surface area contributed by atoms with Crippen molar-refractivity contribution in [2.75, 3.05) is 19.6 Å². The molecule has 0 bridgehead atoms. The number of aromatic nitrogens is 1. The third-order valence-corrected chi connectivity index (χ3v) is 5.70. The predicted molar refractivity (Wildman–Crippen MR) is 123 cm³/mol. The summed E-state index contributed by atoms with van der Waals surface area (Å²) in [5.41, 5.74) is 6.59. The summed E-state index contributed by atoms with van der Waals surface area (Å²) in [6.07, 6.45) is 2.93. The van der Waals surface area contributed by atoms with Gasteiger partial charge in [-0.3, -0.25) is 4.79 Å². The molecule has 1 aliphatic rings. The van der Waals surface area contributed by atoms with E-state index in [2.05, 4.69) is 22.4 Å². The standard InChI is InChI=1S/C24H25ClN4O/c1-2-13-29-14-11-18(12-15-29)27-28-24(30)20-16-22(17-7-4-3-5-8-17)26-23-19(20)9-6-10-21(23)25/h3-10,16H,2,11-15H2,1H3,(H,28,30). The fourth-order valence-corrected chi connectivity index (χ4v) is 4.03. The molecule has 0 saturated carbocycles. The number of fused-ring (bicyclic) bond motifs is 1. The van der Waals surface area contributed by atoms with Gasteiger partial charge in [-0.15, -0.1) is 0 Å². The van der Waals surface area contributed by atoms with Crippen LogP contribution >= 0.6 is 11.6 Å². The van der Waals surface area contributed by atoms with Gasteiger partial charge in [0, 0.05) is 42.6 Å². The molecule has 2 heterocycles. The first kappa shape index (κ1) is 20.5. The number of hydrogen-bond donors (Lipinski definition) is 1. The van der Waals surface area contributed by atoms with Crippen LogP contribution in [-0.2, 0) is 0 Å². The smallest absolute Gasteiger partial charge is 0.272 e. The predicted octanol–water partition coefficient (Wildman–Crippen LogP) is 5.15. The van der Waals surface area contributed by atoms with E-state index in [1.165, 1.54) is 0 Å². The first-order valence-electron chi connectivity index (χ1n) is 10.4. The van der Waals surface area contributed by atoms with Crippen LogP contribution in [0.5, 0.6) is 0 Å². The highest BCUT2D eigenvalue weighted by molar-refractivity contribution is 6.35. The molecule has 0 atom stereocenters. The van der Waals surface area contributed by atoms with Gasteiger partial charge in [-0.2, -0.15) is 5.10 Å². The number of rotatable bonds is 5. The molecule has 0 radical (unpaired) electrons. The topological polar surface area (TPSA) is 57.6 Å². The van der Waals surface area contributed by atoms with E-state index in [4.69, 9.17) is 16.6 Å². The minimum atomic E-state index is -0.245. The van der Waals surface area contributed by atoms with E-state index in [-0.39, 0.29) is 5.91 Å². The van der Waals surface area contributed by atoms with Crippen LogP contribution in [0.25, 0.3) is 22.2 Å². The van der Waals surface area contributed by atoms with Gasteiger partial charge in [0.15, 0.2) is 0 Å². The first-order valence-corrected chi connectivity index (χ1v) is 10.8. The van der Waals surface area contributed by atoms with Crippen LogP contribution in [0.15, 0.2) is 59.7 Å². The molecule has 0 spiro atoms. The van der Waals surface area contributed by atoms with Crippen molar-refractivity contribution in [1.82, 2.24) is 15.3 Å². The van der Waals surface area contributed by atoms with Gasteiger partial charge in [0.05, 0.1) is 21.8 Å². The van der Waals surface area contributed by atoms with Crippen molar-refractivity contribution in [1.29, 1.82) is 0 Å². The molecule has 6 heteroatoms. The molecule has 1 aromatic heterocycles. The number of piperidine rings is 1. The number of hydrogen-bond acceptors (Lipinski definition) is 4. The summed E-state index contributed by atoms with van der Waals surface area (Å²) in [4.78, 5) is 20.2. The highest BCUT2D eigenvalue weighted by Gasteiger charge is 2.17. The van der Waals surface area contributed by atoms with Crippen molar-refractivity contribution < 1.29 is 4.79 Å². The Kier molecular flexibility index (Phi) is 6.41. The maximum atomic E-state index is 13.1. The lowest BCUT2D eigenvalue weighted by Gasteiger charge is -2.26. The third kappa shape index (κ3) is 4.53. The molecule has 0 unspecified atom stereocenters. The van der Waals surface area contributed by atoms with Crippen molar-refractivity contribution in [3.8, 4) is 11.3 Å². The molecule has 30 heavy (non-hydrogen) atoms. The molecule has 1 fully saturated rings. The number of carbonyl (C=O) groups is 1. The van der Waals surface area contributed by atoms with Crippen LogP contribution in [0, 0.1) is 0 Å². The zero-order valence-corrected chi connectivity index (χ0v) is 17.8. The molecule has 154 valence electrons. The lowest BCUT2D eigenvalue weighted by molar-refractivity contribution is 0.0956. The van der Waals surface area contributed by atoms with E-state index in [1.54, 1.807) is 6.07 Å². The average molecular weight is 421 g/mol. The van der Waals surface area contributed by atoms with Gasteiger partial charge in [0.25, 0.3) is 5.91 Å². The summed E-state index contributed by atoms with van der Waals surface area (Å²) in [6, 6.07) is 17.1. The van der Waals surface area contributed by atoms with Crippen LogP contribution < -0.4 is 5.43 Å². The Balaban J connectivity index is 1.62. The van der Waals surface area contributed by atoms with Crippen LogP contribution in [0.3, 0.4) is 0 Å². The van der Waals surface area contributed by atoms with Crippen LogP contribution in [-0.4, -0.2) is 41.1 Å². The Morgan fingerprint density at radius 2 is 1.90 bits per heavy atom. The largest absolute Gasteiger partial charge is 0.303 e. The average Bonchev–Trinajstić information content (AvgIpc) is 2.79. The van der Waals surface area contributed by atoms with E-state index in [9.17, 15) is 4.79 Å². The number of likely N-dealkylation sites (tertiary alicyclic amines) is 1. The van der Waals surface area contributed by atoms with Gasteiger partial charge < -0.3 is 4.90 Å². The van der Waals surface area contributed by atoms with E-state index >= 15 is 0 Å². The Morgan fingerprint density at radius 3 is 2.63 bits per heavy atom. The Morgan fingerprint density at radius 1 is 1.13 bits per heavy atom. The van der Waals surface area contributed by atoms with Crippen LogP contribution in [0.4, 0.5) is 0 Å². The molecule has 1 saturated heterocycles. The number of carbonyl (C=O) groups excluding carboxylic acids is 1. The van der Waals surface area contributed by atoms with Crippen molar-refractivity contribution in [2.24, 2.45) is 5.10 Å². The zero-order valence-electron chi connectivity index (χ0n) is 17.1. The maximum Gasteiger partial charge on any atom is 0.272 e. The molecule has 4 rings (SSSR count). The van der Waals surface area contributed by atoms with E-state index < -0.39 is 0 Å². The number of nitrogens with zero attached hydrogens (tertiary/aromatic N) is 3. The lowest BCUT2D eigenvalue weighted by atomic mass is 10.0. The second-order valence-electron chi connectivity index (χ2n) is 7.52. The molecule has 5 nitrogen and oxygen atoms in total. The summed E-state index contributed by atoms with van der Waals surface area (Å²) < 4.78 is 0. The maximum absolute atomic E-state index is 13.1. The van der Waals surface area contributed by atoms with E-state index in [0.717, 1.165) is 55.6 Å². The van der Waals surface area contributed by atoms with Crippen molar-refractivity contribution in [3.05, 3.63) is 65.2 Å². The van der Waals surface area contributed by atoms with Gasteiger partial charge >= 0.3 is 0 Å². The summed E-state index contributed by atoms with van der Waals surface area (Å²) >= 11 is 6.40. The van der Waals surface area contributed by atoms with Crippen LogP contribution in [0.1, 0.15) is 36.5 Å². The molecule has 1 amide bonds. The summed E-state index contributed by atoms with van der Waals surface area (Å²) in [7, 11) is 0. The number of nitrogens with one attached hydrogen (secondary N) is 1. The second-order valence-corrected chi connectivity index (χ2v) is 7.92. The summed E-state index contributed by atoms with van der Waals surface area (Å²) in [5.74, 6) is -0.245. The Hall–Kier alpha value is -2.76. The second kappa shape index (κ2) is 9.37. The zero-order chi connectivity index (χ0) is 20.9. The number of para-hydroxylation sites is 1. The minimum absolute atomic E-state index is 0.245. The quantitative estimate of drug-likeness (QED) is 0.581. The van der Waals surface area contributed by atoms with Crippen molar-refractivity contribution >= 4 is 34.1 Å². The fourth-order valence-electron chi connectivity index (χ4n) is 3.81. The summed E-state index contributed by atoms with van der Waals surface area (Å²) in [6.45, 7) is 5.30. The monoisotopic (exact) mass is 420 g/mol. The number of amides is 1. The van der Waals surface area contributed by atoms with Gasteiger partial charge in [0.2, 0.25) is 0 Å². The van der Waals surface area contributed by atoms with Gasteiger partial charge in [0.1, 0.15) is 0 Å². The van der Waals surface area contributed by atoms with E-state index in [1.807, 2.05) is 48.5 Å². The highest BCUT2D eigenvalue weighted by atomic mass is 35.5. The molecule has 1 aliphatic heterocycles. The molecule has 1 N–H and O–H groups in total.